The SMILES string of the molecule is O=C(O)CN(Cc1cccc(F)c1)[C@H]1CCS(=O)(=O)C1. The number of halogens is 1. The lowest BCUT2D eigenvalue weighted by Gasteiger charge is -2.26. The van der Waals surface area contributed by atoms with Gasteiger partial charge in [-0.1, -0.05) is 12.1 Å². The first kappa shape index (κ1) is 14.9. The van der Waals surface area contributed by atoms with Crippen molar-refractivity contribution in [3.63, 3.8) is 0 Å². The fourth-order valence-corrected chi connectivity index (χ4v) is 4.18. The molecule has 1 aliphatic heterocycles. The fraction of sp³-hybridized carbons (Fsp3) is 0.462. The third-order valence-corrected chi connectivity index (χ3v) is 5.09. The minimum Gasteiger partial charge on any atom is -0.480 e. The Bertz CT molecular complexity index is 602. The van der Waals surface area contributed by atoms with Gasteiger partial charge in [-0.15, -0.1) is 0 Å². The van der Waals surface area contributed by atoms with Gasteiger partial charge in [0.05, 0.1) is 18.1 Å². The second kappa shape index (κ2) is 5.88. The molecular formula is C13H16FNO4S. The summed E-state index contributed by atoms with van der Waals surface area (Å²) < 4.78 is 36.2. The standard InChI is InChI=1S/C13H16FNO4S/c14-11-3-1-2-10(6-11)7-15(8-13(16)17)12-4-5-20(18,19)9-12/h1-3,6,12H,4-5,7-9H2,(H,16,17)/t12-/m0/s1. The molecule has 5 nitrogen and oxygen atoms in total. The Balaban J connectivity index is 2.14. The fourth-order valence-electron chi connectivity index (χ4n) is 2.42. The van der Waals surface area contributed by atoms with Crippen LogP contribution in [0.15, 0.2) is 24.3 Å². The molecule has 0 aliphatic carbocycles. The topological polar surface area (TPSA) is 74.7 Å². The summed E-state index contributed by atoms with van der Waals surface area (Å²) in [7, 11) is -3.09. The number of hydrogen-bond donors (Lipinski definition) is 1. The van der Waals surface area contributed by atoms with E-state index in [9.17, 15) is 17.6 Å². The highest BCUT2D eigenvalue weighted by atomic mass is 32.2. The zero-order valence-electron chi connectivity index (χ0n) is 10.8. The van der Waals surface area contributed by atoms with Crippen molar-refractivity contribution < 1.29 is 22.7 Å². The van der Waals surface area contributed by atoms with E-state index in [4.69, 9.17) is 5.11 Å². The van der Waals surface area contributed by atoms with E-state index in [0.717, 1.165) is 0 Å². The number of hydrogen-bond acceptors (Lipinski definition) is 4. The number of carboxylic acid groups (broad SMARTS) is 1. The third-order valence-electron chi connectivity index (χ3n) is 3.34. The van der Waals surface area contributed by atoms with Gasteiger partial charge in [0.25, 0.3) is 0 Å². The molecule has 0 amide bonds. The predicted molar refractivity (Wildman–Crippen MR) is 71.5 cm³/mol. The van der Waals surface area contributed by atoms with Crippen molar-refractivity contribution in [2.75, 3.05) is 18.1 Å². The number of carbonyl (C=O) groups is 1. The highest BCUT2D eigenvalue weighted by Crippen LogP contribution is 2.20. The van der Waals surface area contributed by atoms with Gasteiger partial charge in [0.1, 0.15) is 5.82 Å². The van der Waals surface area contributed by atoms with Crippen LogP contribution in [0.4, 0.5) is 4.39 Å². The van der Waals surface area contributed by atoms with Gasteiger partial charge in [0.15, 0.2) is 9.84 Å². The average Bonchev–Trinajstić information content (AvgIpc) is 2.68. The van der Waals surface area contributed by atoms with Crippen molar-refractivity contribution in [1.82, 2.24) is 4.90 Å². The molecule has 1 aromatic carbocycles. The van der Waals surface area contributed by atoms with Crippen molar-refractivity contribution in [2.24, 2.45) is 0 Å². The highest BCUT2D eigenvalue weighted by Gasteiger charge is 2.33. The van der Waals surface area contributed by atoms with E-state index in [1.807, 2.05) is 0 Å². The van der Waals surface area contributed by atoms with Gasteiger partial charge in [0, 0.05) is 12.6 Å². The number of nitrogens with zero attached hydrogens (tertiary/aromatic N) is 1. The minimum atomic E-state index is -3.09. The van der Waals surface area contributed by atoms with Gasteiger partial charge in [-0.25, -0.2) is 12.8 Å². The Morgan fingerprint density at radius 3 is 2.75 bits per heavy atom. The Kier molecular flexibility index (Phi) is 4.39. The Hall–Kier alpha value is -1.47. The zero-order chi connectivity index (χ0) is 14.8. The molecule has 20 heavy (non-hydrogen) atoms. The molecule has 1 atom stereocenters. The van der Waals surface area contributed by atoms with Crippen LogP contribution in [0.25, 0.3) is 0 Å². The Morgan fingerprint density at radius 2 is 2.20 bits per heavy atom. The molecule has 0 aromatic heterocycles. The van der Waals surface area contributed by atoms with Crippen molar-refractivity contribution in [3.05, 3.63) is 35.6 Å². The molecular weight excluding hydrogens is 285 g/mol. The molecule has 1 aromatic rings. The summed E-state index contributed by atoms with van der Waals surface area (Å²) in [4.78, 5) is 12.5. The lowest BCUT2D eigenvalue weighted by atomic mass is 10.1. The normalized spacial score (nSPS) is 21.2. The molecule has 0 saturated carbocycles. The Labute approximate surface area is 116 Å². The highest BCUT2D eigenvalue weighted by molar-refractivity contribution is 7.91. The largest absolute Gasteiger partial charge is 0.480 e. The molecule has 110 valence electrons. The molecule has 1 heterocycles. The smallest absolute Gasteiger partial charge is 0.317 e. The van der Waals surface area contributed by atoms with Crippen molar-refractivity contribution in [1.29, 1.82) is 0 Å². The first-order chi connectivity index (χ1) is 9.35. The van der Waals surface area contributed by atoms with E-state index in [2.05, 4.69) is 0 Å². The average molecular weight is 301 g/mol. The minimum absolute atomic E-state index is 0.0321. The van der Waals surface area contributed by atoms with Crippen LogP contribution in [-0.2, 0) is 21.2 Å². The third kappa shape index (κ3) is 4.01. The first-order valence-corrected chi connectivity index (χ1v) is 8.08. The van der Waals surface area contributed by atoms with Crippen molar-refractivity contribution >= 4 is 15.8 Å². The first-order valence-electron chi connectivity index (χ1n) is 6.26. The zero-order valence-corrected chi connectivity index (χ0v) is 11.6. The molecule has 0 unspecified atom stereocenters. The monoisotopic (exact) mass is 301 g/mol. The lowest BCUT2D eigenvalue weighted by Crippen LogP contribution is -2.39. The van der Waals surface area contributed by atoms with E-state index in [1.54, 1.807) is 17.0 Å². The molecule has 2 rings (SSSR count). The molecule has 0 bridgehead atoms. The van der Waals surface area contributed by atoms with Crippen LogP contribution in [0.2, 0.25) is 0 Å². The summed E-state index contributed by atoms with van der Waals surface area (Å²) in [6.45, 7) is -0.0268. The summed E-state index contributed by atoms with van der Waals surface area (Å²) in [5, 5.41) is 8.94. The summed E-state index contributed by atoms with van der Waals surface area (Å²) in [6.07, 6.45) is 0.422. The summed E-state index contributed by atoms with van der Waals surface area (Å²) in [6, 6.07) is 5.57. The molecule has 7 heteroatoms. The van der Waals surface area contributed by atoms with Gasteiger partial charge in [-0.3, -0.25) is 9.69 Å². The summed E-state index contributed by atoms with van der Waals surface area (Å²) in [5.41, 5.74) is 0.635. The van der Waals surface area contributed by atoms with Crippen LogP contribution >= 0.6 is 0 Å². The number of aliphatic carboxylic acids is 1. The molecule has 0 spiro atoms. The van der Waals surface area contributed by atoms with Crippen LogP contribution in [0.5, 0.6) is 0 Å². The second-order valence-electron chi connectivity index (χ2n) is 4.99. The van der Waals surface area contributed by atoms with Crippen molar-refractivity contribution in [3.8, 4) is 0 Å². The summed E-state index contributed by atoms with van der Waals surface area (Å²) in [5.74, 6) is -1.37. The van der Waals surface area contributed by atoms with E-state index in [0.29, 0.717) is 12.0 Å². The maximum atomic E-state index is 13.1. The molecule has 1 aliphatic rings. The maximum absolute atomic E-state index is 13.1. The van der Waals surface area contributed by atoms with Crippen LogP contribution in [0.1, 0.15) is 12.0 Å². The van der Waals surface area contributed by atoms with E-state index >= 15 is 0 Å². The van der Waals surface area contributed by atoms with Crippen LogP contribution in [0, 0.1) is 5.82 Å². The van der Waals surface area contributed by atoms with Crippen molar-refractivity contribution in [2.45, 2.75) is 19.0 Å². The van der Waals surface area contributed by atoms with Gasteiger partial charge < -0.3 is 5.11 Å². The number of carboxylic acids is 1. The number of sulfone groups is 1. The molecule has 1 N–H and O–H groups in total. The van der Waals surface area contributed by atoms with Gasteiger partial charge >= 0.3 is 5.97 Å². The summed E-state index contributed by atoms with van der Waals surface area (Å²) >= 11 is 0. The maximum Gasteiger partial charge on any atom is 0.317 e. The second-order valence-corrected chi connectivity index (χ2v) is 7.21. The lowest BCUT2D eigenvalue weighted by molar-refractivity contribution is -0.139. The molecule has 0 radical (unpaired) electrons. The van der Waals surface area contributed by atoms with E-state index < -0.39 is 21.6 Å². The Morgan fingerprint density at radius 1 is 1.45 bits per heavy atom. The number of rotatable bonds is 5. The van der Waals surface area contributed by atoms with Crippen LogP contribution in [-0.4, -0.2) is 48.5 Å². The molecule has 1 fully saturated rings. The quantitative estimate of drug-likeness (QED) is 0.874. The predicted octanol–water partition coefficient (Wildman–Crippen LogP) is 0.899. The van der Waals surface area contributed by atoms with Gasteiger partial charge in [-0.2, -0.15) is 0 Å². The van der Waals surface area contributed by atoms with E-state index in [-0.39, 0.29) is 30.6 Å². The number of benzene rings is 1. The van der Waals surface area contributed by atoms with E-state index in [1.165, 1.54) is 12.1 Å². The molecule has 1 saturated heterocycles. The van der Waals surface area contributed by atoms with Crippen LogP contribution in [0.3, 0.4) is 0 Å². The van der Waals surface area contributed by atoms with Crippen LogP contribution < -0.4 is 0 Å². The van der Waals surface area contributed by atoms with Gasteiger partial charge in [-0.05, 0) is 24.1 Å². The van der Waals surface area contributed by atoms with Gasteiger partial charge in [0.2, 0.25) is 0 Å².